The minimum absolute atomic E-state index is 0.0198. The summed E-state index contributed by atoms with van der Waals surface area (Å²) in [4.78, 5) is 16.0. The van der Waals surface area contributed by atoms with Crippen LogP contribution in [0.4, 0.5) is 0 Å². The van der Waals surface area contributed by atoms with Gasteiger partial charge in [0.15, 0.2) is 0 Å². The minimum atomic E-state index is -0.0198. The molecule has 0 aliphatic heterocycles. The average molecular weight is 302 g/mol. The summed E-state index contributed by atoms with van der Waals surface area (Å²) in [6, 6.07) is 0. The topological polar surface area (TPSA) is 46.9 Å². The number of halogens is 1. The summed E-state index contributed by atoms with van der Waals surface area (Å²) >= 11 is 3.21. The van der Waals surface area contributed by atoms with Crippen molar-refractivity contribution in [1.82, 2.24) is 14.9 Å². The van der Waals surface area contributed by atoms with Gasteiger partial charge in [0.1, 0.15) is 10.3 Å². The predicted octanol–water partition coefficient (Wildman–Crippen LogP) is 2.09. The Balaban J connectivity index is 2.71. The summed E-state index contributed by atoms with van der Waals surface area (Å²) in [6.07, 6.45) is 2.61. The van der Waals surface area contributed by atoms with Crippen LogP contribution in [-0.4, -0.2) is 21.6 Å². The number of nitrogens with zero attached hydrogens (tertiary/aromatic N) is 2. The van der Waals surface area contributed by atoms with Crippen molar-refractivity contribution >= 4 is 15.9 Å². The van der Waals surface area contributed by atoms with E-state index in [1.165, 1.54) is 0 Å². The highest BCUT2D eigenvalue weighted by Crippen LogP contribution is 2.06. The van der Waals surface area contributed by atoms with Crippen molar-refractivity contribution in [3.63, 3.8) is 0 Å². The molecule has 0 aliphatic carbocycles. The molecule has 1 heterocycles. The zero-order valence-electron chi connectivity index (χ0n) is 10.9. The lowest BCUT2D eigenvalue weighted by atomic mass is 10.0. The van der Waals surface area contributed by atoms with E-state index in [1.54, 1.807) is 10.8 Å². The van der Waals surface area contributed by atoms with Crippen LogP contribution in [0.5, 0.6) is 0 Å². The molecule has 1 N–H and O–H groups in total. The van der Waals surface area contributed by atoms with Gasteiger partial charge in [-0.05, 0) is 43.1 Å². The third-order valence-corrected chi connectivity index (χ3v) is 3.57. The fourth-order valence-electron chi connectivity index (χ4n) is 1.45. The maximum Gasteiger partial charge on any atom is 0.267 e. The molecule has 17 heavy (non-hydrogen) atoms. The molecule has 0 saturated heterocycles. The molecule has 5 heteroatoms. The van der Waals surface area contributed by atoms with Gasteiger partial charge in [-0.3, -0.25) is 9.36 Å². The Bertz CT molecular complexity index is 440. The van der Waals surface area contributed by atoms with Crippen LogP contribution in [-0.2, 0) is 6.54 Å². The summed E-state index contributed by atoms with van der Waals surface area (Å²) < 4.78 is 2.20. The molecule has 0 unspecified atom stereocenters. The van der Waals surface area contributed by atoms with Gasteiger partial charge in [0.25, 0.3) is 5.56 Å². The van der Waals surface area contributed by atoms with E-state index in [9.17, 15) is 4.79 Å². The monoisotopic (exact) mass is 301 g/mol. The van der Waals surface area contributed by atoms with Gasteiger partial charge in [0.05, 0.1) is 0 Å². The number of rotatable bonds is 5. The Morgan fingerprint density at radius 3 is 2.76 bits per heavy atom. The Hall–Kier alpha value is -0.680. The Morgan fingerprint density at radius 1 is 1.53 bits per heavy atom. The SMILES string of the molecule is CCC(C)(C)NCCn1c(C)ncc(Br)c1=O. The smallest absolute Gasteiger partial charge is 0.267 e. The number of nitrogens with one attached hydrogen (secondary N) is 1. The highest BCUT2D eigenvalue weighted by atomic mass is 79.9. The van der Waals surface area contributed by atoms with Crippen molar-refractivity contribution in [1.29, 1.82) is 0 Å². The Kier molecular flexibility index (Phi) is 4.89. The van der Waals surface area contributed by atoms with E-state index in [0.717, 1.165) is 18.8 Å². The summed E-state index contributed by atoms with van der Waals surface area (Å²) in [6.45, 7) is 9.70. The molecule has 1 aromatic rings. The van der Waals surface area contributed by atoms with Crippen LogP contribution in [0, 0.1) is 6.92 Å². The van der Waals surface area contributed by atoms with Crippen molar-refractivity contribution < 1.29 is 0 Å². The third kappa shape index (κ3) is 3.92. The third-order valence-electron chi connectivity index (χ3n) is 3.03. The first-order valence-electron chi connectivity index (χ1n) is 5.84. The van der Waals surface area contributed by atoms with E-state index >= 15 is 0 Å². The van der Waals surface area contributed by atoms with E-state index in [0.29, 0.717) is 11.0 Å². The molecule has 1 rings (SSSR count). The quantitative estimate of drug-likeness (QED) is 0.906. The first-order valence-corrected chi connectivity index (χ1v) is 6.63. The van der Waals surface area contributed by atoms with E-state index in [2.05, 4.69) is 47.0 Å². The molecule has 1 aromatic heterocycles. The molecule has 0 fully saturated rings. The number of hydrogen-bond donors (Lipinski definition) is 1. The van der Waals surface area contributed by atoms with Gasteiger partial charge >= 0.3 is 0 Å². The maximum atomic E-state index is 11.9. The molecular weight excluding hydrogens is 282 g/mol. The number of aromatic nitrogens is 2. The largest absolute Gasteiger partial charge is 0.310 e. The van der Waals surface area contributed by atoms with Gasteiger partial charge in [-0.25, -0.2) is 4.98 Å². The molecule has 96 valence electrons. The van der Waals surface area contributed by atoms with Gasteiger partial charge in [-0.1, -0.05) is 6.92 Å². The normalized spacial score (nSPS) is 11.8. The first kappa shape index (κ1) is 14.4. The lowest BCUT2D eigenvalue weighted by Gasteiger charge is -2.24. The van der Waals surface area contributed by atoms with Crippen LogP contribution in [0.3, 0.4) is 0 Å². The molecule has 4 nitrogen and oxygen atoms in total. The highest BCUT2D eigenvalue weighted by Gasteiger charge is 2.13. The van der Waals surface area contributed by atoms with E-state index in [4.69, 9.17) is 0 Å². The van der Waals surface area contributed by atoms with Gasteiger partial charge in [0, 0.05) is 24.8 Å². The minimum Gasteiger partial charge on any atom is -0.310 e. The van der Waals surface area contributed by atoms with Crippen molar-refractivity contribution in [2.75, 3.05) is 6.54 Å². The molecule has 0 aromatic carbocycles. The lowest BCUT2D eigenvalue weighted by molar-refractivity contribution is 0.365. The van der Waals surface area contributed by atoms with Crippen molar-refractivity contribution in [3.05, 3.63) is 26.8 Å². The van der Waals surface area contributed by atoms with Gasteiger partial charge in [-0.2, -0.15) is 0 Å². The highest BCUT2D eigenvalue weighted by molar-refractivity contribution is 9.10. The zero-order valence-corrected chi connectivity index (χ0v) is 12.5. The first-order chi connectivity index (χ1) is 7.87. The summed E-state index contributed by atoms with van der Waals surface area (Å²) in [5.74, 6) is 0.745. The van der Waals surface area contributed by atoms with Gasteiger partial charge in [-0.15, -0.1) is 0 Å². The second-order valence-electron chi connectivity index (χ2n) is 4.77. The fourth-order valence-corrected chi connectivity index (χ4v) is 1.76. The Morgan fingerprint density at radius 2 is 2.18 bits per heavy atom. The molecule has 0 atom stereocenters. The molecular formula is C12H20BrN3O. The van der Waals surface area contributed by atoms with E-state index in [1.807, 2.05) is 6.92 Å². The maximum absolute atomic E-state index is 11.9. The van der Waals surface area contributed by atoms with Crippen molar-refractivity contribution in [2.24, 2.45) is 0 Å². The summed E-state index contributed by atoms with van der Waals surface area (Å²) in [5, 5.41) is 3.43. The van der Waals surface area contributed by atoms with Crippen LogP contribution in [0.15, 0.2) is 15.5 Å². The van der Waals surface area contributed by atoms with Gasteiger partial charge < -0.3 is 5.32 Å². The molecule has 0 radical (unpaired) electrons. The molecule has 0 spiro atoms. The average Bonchev–Trinajstić information content (AvgIpc) is 2.28. The van der Waals surface area contributed by atoms with Crippen molar-refractivity contribution in [2.45, 2.75) is 46.2 Å². The van der Waals surface area contributed by atoms with Crippen LogP contribution >= 0.6 is 15.9 Å². The van der Waals surface area contributed by atoms with Crippen molar-refractivity contribution in [3.8, 4) is 0 Å². The standard InChI is InChI=1S/C12H20BrN3O/c1-5-12(3,4)15-6-7-16-9(2)14-8-10(13)11(16)17/h8,15H,5-7H2,1-4H3. The number of hydrogen-bond acceptors (Lipinski definition) is 3. The second-order valence-corrected chi connectivity index (χ2v) is 5.63. The van der Waals surface area contributed by atoms with Crippen LogP contribution in [0.1, 0.15) is 33.0 Å². The number of aryl methyl sites for hydroxylation is 1. The predicted molar refractivity (Wildman–Crippen MR) is 73.3 cm³/mol. The van der Waals surface area contributed by atoms with Crippen LogP contribution in [0.25, 0.3) is 0 Å². The molecule has 0 amide bonds. The van der Waals surface area contributed by atoms with E-state index in [-0.39, 0.29) is 11.1 Å². The van der Waals surface area contributed by atoms with Gasteiger partial charge in [0.2, 0.25) is 0 Å². The second kappa shape index (κ2) is 5.78. The lowest BCUT2D eigenvalue weighted by Crippen LogP contribution is -2.41. The summed E-state index contributed by atoms with van der Waals surface area (Å²) in [5.41, 5.74) is 0.0883. The Labute approximate surface area is 111 Å². The van der Waals surface area contributed by atoms with Crippen LogP contribution in [0.2, 0.25) is 0 Å². The molecule has 0 bridgehead atoms. The van der Waals surface area contributed by atoms with Crippen LogP contribution < -0.4 is 10.9 Å². The van der Waals surface area contributed by atoms with E-state index < -0.39 is 0 Å². The fraction of sp³-hybridized carbons (Fsp3) is 0.667. The molecule has 0 saturated carbocycles. The summed E-state index contributed by atoms with van der Waals surface area (Å²) in [7, 11) is 0. The molecule has 0 aliphatic rings. The zero-order chi connectivity index (χ0) is 13.1.